The minimum Gasteiger partial charge on any atom is -0.435 e. The quantitative estimate of drug-likeness (QED) is 0.620. The van der Waals surface area contributed by atoms with Crippen molar-refractivity contribution in [2.45, 2.75) is 26.2 Å². The molecule has 0 unspecified atom stereocenters. The van der Waals surface area contributed by atoms with Gasteiger partial charge >= 0.3 is 13.2 Å². The number of benzene rings is 2. The van der Waals surface area contributed by atoms with Crippen molar-refractivity contribution in [3.63, 3.8) is 0 Å². The summed E-state index contributed by atoms with van der Waals surface area (Å²) in [5.74, 6) is -0.403. The zero-order valence-electron chi connectivity index (χ0n) is 13.2. The van der Waals surface area contributed by atoms with Crippen LogP contribution in [-0.4, -0.2) is 19.1 Å². The summed E-state index contributed by atoms with van der Waals surface area (Å²) in [5.41, 5.74) is 0.969. The molecule has 0 bridgehead atoms. The lowest BCUT2D eigenvalue weighted by Gasteiger charge is -2.12. The number of carbonyl (C=O) groups is 1. The standard InChI is InChI=1S/C17H14BrF4NO3/c18-12-3-6-14(26-17(21)22)11(8-12)9-23-15(24)7-10-1-4-13(5-2-10)25-16(19)20/h1-6,8,16-17H,7,9H2,(H,23,24). The van der Waals surface area contributed by atoms with E-state index in [-0.39, 0.29) is 30.4 Å². The van der Waals surface area contributed by atoms with Crippen LogP contribution in [-0.2, 0) is 17.8 Å². The van der Waals surface area contributed by atoms with E-state index in [1.807, 2.05) is 0 Å². The molecule has 0 aliphatic heterocycles. The van der Waals surface area contributed by atoms with Crippen LogP contribution in [0.15, 0.2) is 46.9 Å². The molecule has 0 atom stereocenters. The zero-order valence-corrected chi connectivity index (χ0v) is 14.8. The molecule has 1 N–H and O–H groups in total. The van der Waals surface area contributed by atoms with Crippen molar-refractivity contribution >= 4 is 21.8 Å². The lowest BCUT2D eigenvalue weighted by molar-refractivity contribution is -0.120. The van der Waals surface area contributed by atoms with Gasteiger partial charge in [0.25, 0.3) is 0 Å². The fourth-order valence-corrected chi connectivity index (χ4v) is 2.54. The van der Waals surface area contributed by atoms with Gasteiger partial charge in [0, 0.05) is 16.6 Å². The summed E-state index contributed by atoms with van der Waals surface area (Å²) < 4.78 is 58.3. The Morgan fingerprint density at radius 2 is 1.65 bits per heavy atom. The van der Waals surface area contributed by atoms with Crippen LogP contribution in [0.1, 0.15) is 11.1 Å². The second-order valence-electron chi connectivity index (χ2n) is 5.11. The number of hydrogen-bond donors (Lipinski definition) is 1. The van der Waals surface area contributed by atoms with Gasteiger partial charge in [0.05, 0.1) is 6.42 Å². The Hall–Kier alpha value is -2.29. The second kappa shape index (κ2) is 9.42. The van der Waals surface area contributed by atoms with Crippen molar-refractivity contribution in [1.82, 2.24) is 5.32 Å². The van der Waals surface area contributed by atoms with Crippen molar-refractivity contribution in [2.75, 3.05) is 0 Å². The number of carbonyl (C=O) groups excluding carboxylic acids is 1. The molecule has 9 heteroatoms. The maximum atomic E-state index is 12.4. The van der Waals surface area contributed by atoms with Gasteiger partial charge in [-0.25, -0.2) is 0 Å². The molecule has 0 aliphatic carbocycles. The Labute approximate surface area is 155 Å². The molecule has 2 rings (SSSR count). The normalized spacial score (nSPS) is 10.9. The van der Waals surface area contributed by atoms with E-state index in [0.29, 0.717) is 15.6 Å². The van der Waals surface area contributed by atoms with E-state index in [0.717, 1.165) is 0 Å². The molecule has 140 valence electrons. The van der Waals surface area contributed by atoms with Crippen LogP contribution >= 0.6 is 15.9 Å². The van der Waals surface area contributed by atoms with Gasteiger partial charge in [-0.15, -0.1) is 0 Å². The van der Waals surface area contributed by atoms with E-state index < -0.39 is 13.2 Å². The highest BCUT2D eigenvalue weighted by Gasteiger charge is 2.12. The van der Waals surface area contributed by atoms with Crippen LogP contribution in [0, 0.1) is 0 Å². The lowest BCUT2D eigenvalue weighted by atomic mass is 10.1. The van der Waals surface area contributed by atoms with Crippen LogP contribution in [0.5, 0.6) is 11.5 Å². The highest BCUT2D eigenvalue weighted by atomic mass is 79.9. The Balaban J connectivity index is 1.93. The van der Waals surface area contributed by atoms with Crippen LogP contribution < -0.4 is 14.8 Å². The lowest BCUT2D eigenvalue weighted by Crippen LogP contribution is -2.25. The van der Waals surface area contributed by atoms with Gasteiger partial charge in [-0.05, 0) is 35.9 Å². The van der Waals surface area contributed by atoms with Crippen LogP contribution in [0.25, 0.3) is 0 Å². The van der Waals surface area contributed by atoms with E-state index in [2.05, 4.69) is 30.7 Å². The predicted octanol–water partition coefficient (Wildman–Crippen LogP) is 4.51. The first-order valence-corrected chi connectivity index (χ1v) is 8.16. The summed E-state index contributed by atoms with van der Waals surface area (Å²) in [6, 6.07) is 10.1. The second-order valence-corrected chi connectivity index (χ2v) is 6.02. The van der Waals surface area contributed by atoms with Gasteiger partial charge in [0.1, 0.15) is 11.5 Å². The Morgan fingerprint density at radius 1 is 1.00 bits per heavy atom. The van der Waals surface area contributed by atoms with Gasteiger partial charge in [-0.2, -0.15) is 17.6 Å². The van der Waals surface area contributed by atoms with Gasteiger partial charge in [-0.3, -0.25) is 4.79 Å². The van der Waals surface area contributed by atoms with E-state index in [1.54, 1.807) is 12.1 Å². The first-order valence-electron chi connectivity index (χ1n) is 7.37. The number of ether oxygens (including phenoxy) is 2. The minimum absolute atomic E-state index is 0.00595. The number of alkyl halides is 4. The Kier molecular flexibility index (Phi) is 7.26. The fraction of sp³-hybridized carbons (Fsp3) is 0.235. The maximum absolute atomic E-state index is 12.4. The highest BCUT2D eigenvalue weighted by Crippen LogP contribution is 2.24. The van der Waals surface area contributed by atoms with Crippen LogP contribution in [0.3, 0.4) is 0 Å². The average molecular weight is 436 g/mol. The van der Waals surface area contributed by atoms with Crippen molar-refractivity contribution in [3.05, 3.63) is 58.1 Å². The van der Waals surface area contributed by atoms with Gasteiger partial charge < -0.3 is 14.8 Å². The SMILES string of the molecule is O=C(Cc1ccc(OC(F)F)cc1)NCc1cc(Br)ccc1OC(F)F. The molecule has 0 aromatic heterocycles. The van der Waals surface area contributed by atoms with Gasteiger partial charge in [0.15, 0.2) is 0 Å². The summed E-state index contributed by atoms with van der Waals surface area (Å²) in [7, 11) is 0. The number of rotatable bonds is 8. The largest absolute Gasteiger partial charge is 0.435 e. The summed E-state index contributed by atoms with van der Waals surface area (Å²) in [4.78, 5) is 12.0. The first kappa shape index (κ1) is 20.0. The highest BCUT2D eigenvalue weighted by molar-refractivity contribution is 9.10. The van der Waals surface area contributed by atoms with Crippen LogP contribution in [0.4, 0.5) is 17.6 Å². The van der Waals surface area contributed by atoms with E-state index in [4.69, 9.17) is 0 Å². The molecule has 0 aliphatic rings. The molecule has 0 fully saturated rings. The predicted molar refractivity (Wildman–Crippen MR) is 89.4 cm³/mol. The van der Waals surface area contributed by atoms with Gasteiger partial charge in [-0.1, -0.05) is 28.1 Å². The Morgan fingerprint density at radius 3 is 2.27 bits per heavy atom. The molecule has 2 aromatic rings. The third kappa shape index (κ3) is 6.55. The molecule has 0 saturated heterocycles. The van der Waals surface area contributed by atoms with Crippen molar-refractivity contribution in [1.29, 1.82) is 0 Å². The molecular formula is C17H14BrF4NO3. The molecule has 26 heavy (non-hydrogen) atoms. The van der Waals surface area contributed by atoms with Crippen LogP contribution in [0.2, 0.25) is 0 Å². The number of halogens is 5. The Bertz CT molecular complexity index is 741. The summed E-state index contributed by atoms with van der Waals surface area (Å²) in [5, 5.41) is 2.60. The van der Waals surface area contributed by atoms with E-state index in [1.165, 1.54) is 30.3 Å². The molecule has 0 heterocycles. The molecule has 1 amide bonds. The summed E-state index contributed by atoms with van der Waals surface area (Å²) in [6.45, 7) is -5.90. The van der Waals surface area contributed by atoms with E-state index in [9.17, 15) is 22.4 Å². The molecule has 0 radical (unpaired) electrons. The monoisotopic (exact) mass is 435 g/mol. The van der Waals surface area contributed by atoms with Gasteiger partial charge in [0.2, 0.25) is 5.91 Å². The van der Waals surface area contributed by atoms with Crippen molar-refractivity contribution in [2.24, 2.45) is 0 Å². The number of nitrogens with one attached hydrogen (secondary N) is 1. The topological polar surface area (TPSA) is 47.6 Å². The molecule has 0 saturated carbocycles. The third-order valence-electron chi connectivity index (χ3n) is 3.23. The van der Waals surface area contributed by atoms with Crippen molar-refractivity contribution in [3.8, 4) is 11.5 Å². The maximum Gasteiger partial charge on any atom is 0.387 e. The van der Waals surface area contributed by atoms with E-state index >= 15 is 0 Å². The molecule has 0 spiro atoms. The van der Waals surface area contributed by atoms with Crippen molar-refractivity contribution < 1.29 is 31.8 Å². The third-order valence-corrected chi connectivity index (χ3v) is 3.72. The number of amides is 1. The molecule has 4 nitrogen and oxygen atoms in total. The summed E-state index contributed by atoms with van der Waals surface area (Å²) in [6.07, 6.45) is -0.00595. The molecule has 2 aromatic carbocycles. The minimum atomic E-state index is -2.97. The summed E-state index contributed by atoms with van der Waals surface area (Å²) >= 11 is 3.23. The fourth-order valence-electron chi connectivity index (χ4n) is 2.13. The zero-order chi connectivity index (χ0) is 19.1. The smallest absolute Gasteiger partial charge is 0.387 e. The number of hydrogen-bond acceptors (Lipinski definition) is 3. The first-order chi connectivity index (χ1) is 12.3. The average Bonchev–Trinajstić information content (AvgIpc) is 2.56. The molecular weight excluding hydrogens is 422 g/mol.